The lowest BCUT2D eigenvalue weighted by Gasteiger charge is -2.21. The number of hydrogen-bond donors (Lipinski definition) is 1. The van der Waals surface area contributed by atoms with Crippen molar-refractivity contribution in [3.8, 4) is 22.9 Å². The van der Waals surface area contributed by atoms with Crippen molar-refractivity contribution in [2.45, 2.75) is 24.1 Å². The first kappa shape index (κ1) is 20.3. The van der Waals surface area contributed by atoms with Gasteiger partial charge in [0.2, 0.25) is 17.3 Å². The summed E-state index contributed by atoms with van der Waals surface area (Å²) in [6.07, 6.45) is -0.483. The molecule has 1 atom stereocenters. The Morgan fingerprint density at radius 3 is 2.59 bits per heavy atom. The van der Waals surface area contributed by atoms with Crippen molar-refractivity contribution in [1.29, 1.82) is 0 Å². The minimum Gasteiger partial charge on any atom is -0.493 e. The van der Waals surface area contributed by atoms with E-state index in [1.54, 1.807) is 0 Å². The van der Waals surface area contributed by atoms with Crippen LogP contribution in [0.25, 0.3) is 11.3 Å². The maximum atomic E-state index is 6.39. The summed E-state index contributed by atoms with van der Waals surface area (Å²) in [4.78, 5) is 4.72. The average molecular weight is 443 g/mol. The number of aromatic nitrogens is 3. The third-order valence-electron chi connectivity index (χ3n) is 5.05. The van der Waals surface area contributed by atoms with Gasteiger partial charge in [-0.25, -0.2) is 0 Å². The van der Waals surface area contributed by atoms with Crippen LogP contribution in [0.4, 0.5) is 5.69 Å². The Balaban J connectivity index is 1.51. The number of ether oxygens (including phenoxy) is 2. The zero-order valence-electron chi connectivity index (χ0n) is 17.6. The van der Waals surface area contributed by atoms with Crippen LogP contribution in [0.15, 0.2) is 84.0 Å². The fourth-order valence-electron chi connectivity index (χ4n) is 3.56. The molecule has 0 saturated heterocycles. The highest BCUT2D eigenvalue weighted by Crippen LogP contribution is 2.41. The van der Waals surface area contributed by atoms with E-state index in [4.69, 9.17) is 14.5 Å². The van der Waals surface area contributed by atoms with Gasteiger partial charge in [0.1, 0.15) is 5.75 Å². The average Bonchev–Trinajstić information content (AvgIpc) is 3.00. The van der Waals surface area contributed by atoms with Crippen molar-refractivity contribution in [3.05, 3.63) is 90.0 Å². The highest BCUT2D eigenvalue weighted by Gasteiger charge is 2.27. The predicted molar refractivity (Wildman–Crippen MR) is 126 cm³/mol. The van der Waals surface area contributed by atoms with Crippen LogP contribution in [0.1, 0.15) is 24.3 Å². The normalized spacial score (nSPS) is 14.3. The van der Waals surface area contributed by atoms with Gasteiger partial charge >= 0.3 is 0 Å². The topological polar surface area (TPSA) is 69.2 Å². The van der Waals surface area contributed by atoms with Crippen LogP contribution >= 0.6 is 11.8 Å². The first-order valence-corrected chi connectivity index (χ1v) is 11.5. The largest absolute Gasteiger partial charge is 0.493 e. The number of fused-ring (bicyclic) bond motifs is 3. The molecule has 3 aromatic carbocycles. The SMILES string of the molecule is CCOc1ccccc1[C@H]1Nc2ccccc2-c2nnc(SCc3ccccc3)nc2O1. The van der Waals surface area contributed by atoms with Gasteiger partial charge in [0.25, 0.3) is 0 Å². The van der Waals surface area contributed by atoms with Crippen molar-refractivity contribution in [1.82, 2.24) is 15.2 Å². The molecule has 0 radical (unpaired) electrons. The molecule has 7 heteroatoms. The highest BCUT2D eigenvalue weighted by atomic mass is 32.2. The quantitative estimate of drug-likeness (QED) is 0.382. The van der Waals surface area contributed by atoms with Gasteiger partial charge in [-0.2, -0.15) is 4.98 Å². The molecule has 32 heavy (non-hydrogen) atoms. The molecular weight excluding hydrogens is 420 g/mol. The second-order valence-electron chi connectivity index (χ2n) is 7.18. The minimum absolute atomic E-state index is 0.448. The fourth-order valence-corrected chi connectivity index (χ4v) is 4.29. The van der Waals surface area contributed by atoms with Crippen molar-refractivity contribution in [3.63, 3.8) is 0 Å². The maximum absolute atomic E-state index is 6.39. The molecule has 0 amide bonds. The summed E-state index contributed by atoms with van der Waals surface area (Å²) in [6.45, 7) is 2.54. The Morgan fingerprint density at radius 2 is 1.72 bits per heavy atom. The number of rotatable bonds is 6. The molecule has 0 aliphatic carbocycles. The van der Waals surface area contributed by atoms with Crippen LogP contribution < -0.4 is 14.8 Å². The van der Waals surface area contributed by atoms with E-state index in [1.807, 2.05) is 73.7 Å². The lowest BCUT2D eigenvalue weighted by Crippen LogP contribution is -2.18. The summed E-state index contributed by atoms with van der Waals surface area (Å²) in [7, 11) is 0. The monoisotopic (exact) mass is 442 g/mol. The number of para-hydroxylation sites is 2. The zero-order chi connectivity index (χ0) is 21.8. The highest BCUT2D eigenvalue weighted by molar-refractivity contribution is 7.98. The molecule has 0 saturated carbocycles. The minimum atomic E-state index is -0.483. The number of hydrogen-bond acceptors (Lipinski definition) is 7. The second kappa shape index (κ2) is 9.28. The van der Waals surface area contributed by atoms with Crippen molar-refractivity contribution in [2.24, 2.45) is 0 Å². The van der Waals surface area contributed by atoms with E-state index in [-0.39, 0.29) is 0 Å². The molecule has 6 nitrogen and oxygen atoms in total. The van der Waals surface area contributed by atoms with E-state index in [2.05, 4.69) is 27.6 Å². The predicted octanol–water partition coefficient (Wildman–Crippen LogP) is 5.73. The first-order chi connectivity index (χ1) is 15.8. The van der Waals surface area contributed by atoms with E-state index in [9.17, 15) is 0 Å². The first-order valence-electron chi connectivity index (χ1n) is 10.5. The van der Waals surface area contributed by atoms with Gasteiger partial charge in [-0.3, -0.25) is 0 Å². The summed E-state index contributed by atoms with van der Waals surface area (Å²) in [5.41, 5.74) is 4.52. The van der Waals surface area contributed by atoms with Crippen molar-refractivity contribution >= 4 is 17.4 Å². The Bertz CT molecular complexity index is 1220. The lowest BCUT2D eigenvalue weighted by atomic mass is 10.1. The molecule has 5 rings (SSSR count). The van der Waals surface area contributed by atoms with Gasteiger partial charge in [-0.1, -0.05) is 72.4 Å². The van der Waals surface area contributed by atoms with Gasteiger partial charge in [0.05, 0.1) is 12.2 Å². The van der Waals surface area contributed by atoms with Crippen LogP contribution in [0.3, 0.4) is 0 Å². The van der Waals surface area contributed by atoms with E-state index in [0.29, 0.717) is 23.3 Å². The summed E-state index contributed by atoms with van der Waals surface area (Å²) < 4.78 is 12.2. The van der Waals surface area contributed by atoms with Crippen LogP contribution in [0, 0.1) is 0 Å². The molecule has 0 unspecified atom stereocenters. The molecule has 4 aromatic rings. The molecule has 0 spiro atoms. The number of thioether (sulfide) groups is 1. The van der Waals surface area contributed by atoms with Crippen LogP contribution in [-0.2, 0) is 5.75 Å². The lowest BCUT2D eigenvalue weighted by molar-refractivity contribution is 0.217. The molecule has 1 aliphatic heterocycles. The summed E-state index contributed by atoms with van der Waals surface area (Å²) in [5, 5.41) is 12.9. The third-order valence-corrected chi connectivity index (χ3v) is 5.95. The van der Waals surface area contributed by atoms with Crippen molar-refractivity contribution in [2.75, 3.05) is 11.9 Å². The number of anilines is 1. The maximum Gasteiger partial charge on any atom is 0.247 e. The second-order valence-corrected chi connectivity index (χ2v) is 8.12. The summed E-state index contributed by atoms with van der Waals surface area (Å²) in [6, 6.07) is 26.0. The van der Waals surface area contributed by atoms with Gasteiger partial charge < -0.3 is 14.8 Å². The van der Waals surface area contributed by atoms with Gasteiger partial charge in [-0.05, 0) is 30.7 Å². The Labute approximate surface area is 191 Å². The van der Waals surface area contributed by atoms with Crippen LogP contribution in [0.5, 0.6) is 11.6 Å². The molecule has 1 aliphatic rings. The van der Waals surface area contributed by atoms with Gasteiger partial charge in [0, 0.05) is 17.0 Å². The Kier molecular flexibility index (Phi) is 5.89. The zero-order valence-corrected chi connectivity index (χ0v) is 18.4. The standard InChI is InChI=1S/C25H22N4O2S/c1-2-30-21-15-9-7-13-19(21)23-26-20-14-8-6-12-18(20)22-24(31-23)27-25(29-28-22)32-16-17-10-4-3-5-11-17/h3-15,23,26H,2,16H2,1H3/t23-/m0/s1. The number of nitrogens with one attached hydrogen (secondary N) is 1. The summed E-state index contributed by atoms with van der Waals surface area (Å²) >= 11 is 1.53. The van der Waals surface area contributed by atoms with E-state index in [1.165, 1.54) is 17.3 Å². The van der Waals surface area contributed by atoms with E-state index < -0.39 is 6.23 Å². The molecular formula is C25H22N4O2S. The number of nitrogens with zero attached hydrogens (tertiary/aromatic N) is 3. The van der Waals surface area contributed by atoms with Crippen molar-refractivity contribution < 1.29 is 9.47 Å². The van der Waals surface area contributed by atoms with Crippen LogP contribution in [-0.4, -0.2) is 21.8 Å². The third kappa shape index (κ3) is 4.24. The fraction of sp³-hybridized carbons (Fsp3) is 0.160. The van der Waals surface area contributed by atoms with Crippen LogP contribution in [0.2, 0.25) is 0 Å². The molecule has 1 N–H and O–H groups in total. The Morgan fingerprint density at radius 1 is 0.938 bits per heavy atom. The smallest absolute Gasteiger partial charge is 0.247 e. The molecule has 1 aromatic heterocycles. The Hall–Kier alpha value is -3.58. The summed E-state index contributed by atoms with van der Waals surface area (Å²) in [5.74, 6) is 1.98. The molecule has 0 fully saturated rings. The molecule has 160 valence electrons. The molecule has 2 heterocycles. The van der Waals surface area contributed by atoms with E-state index in [0.717, 1.165) is 28.3 Å². The number of benzene rings is 3. The molecule has 0 bridgehead atoms. The van der Waals surface area contributed by atoms with Gasteiger partial charge in [-0.15, -0.1) is 10.2 Å². The van der Waals surface area contributed by atoms with Gasteiger partial charge in [0.15, 0.2) is 5.69 Å². The van der Waals surface area contributed by atoms with E-state index >= 15 is 0 Å².